The van der Waals surface area contributed by atoms with Crippen LogP contribution in [0.25, 0.3) is 0 Å². The van der Waals surface area contributed by atoms with Gasteiger partial charge in [-0.05, 0) is 50.4 Å². The van der Waals surface area contributed by atoms with E-state index in [1.165, 1.54) is 18.4 Å². The zero-order chi connectivity index (χ0) is 11.5. The number of anilines is 1. The molecule has 2 rings (SSSR count). The highest BCUT2D eigenvalue weighted by Gasteiger charge is 2.30. The van der Waals surface area contributed by atoms with Crippen molar-refractivity contribution < 1.29 is 0 Å². The second-order valence-electron chi connectivity index (χ2n) is 4.79. The van der Waals surface area contributed by atoms with E-state index >= 15 is 0 Å². The predicted molar refractivity (Wildman–Crippen MR) is 67.4 cm³/mol. The SMILES string of the molecule is CNc1cc(CN(C)C(C)C2CC2)ccn1. The number of hydrogen-bond acceptors (Lipinski definition) is 3. The molecule has 1 heterocycles. The molecule has 16 heavy (non-hydrogen) atoms. The Bertz CT molecular complexity index is 347. The molecule has 88 valence electrons. The van der Waals surface area contributed by atoms with Gasteiger partial charge in [0.05, 0.1) is 0 Å². The molecule has 3 nitrogen and oxygen atoms in total. The van der Waals surface area contributed by atoms with Gasteiger partial charge in [0.1, 0.15) is 5.82 Å². The Hall–Kier alpha value is -1.09. The number of hydrogen-bond donors (Lipinski definition) is 1. The molecule has 1 N–H and O–H groups in total. The predicted octanol–water partition coefficient (Wildman–Crippen LogP) is 2.35. The van der Waals surface area contributed by atoms with Crippen LogP contribution in [0.5, 0.6) is 0 Å². The van der Waals surface area contributed by atoms with Crippen LogP contribution in [-0.2, 0) is 6.54 Å². The van der Waals surface area contributed by atoms with Gasteiger partial charge < -0.3 is 5.32 Å². The zero-order valence-electron chi connectivity index (χ0n) is 10.4. The Morgan fingerprint density at radius 2 is 2.31 bits per heavy atom. The molecule has 0 bridgehead atoms. The van der Waals surface area contributed by atoms with Crippen LogP contribution in [0.15, 0.2) is 18.3 Å². The summed E-state index contributed by atoms with van der Waals surface area (Å²) in [5.41, 5.74) is 1.33. The lowest BCUT2D eigenvalue weighted by Crippen LogP contribution is -2.30. The molecule has 0 aliphatic heterocycles. The standard InChI is InChI=1S/C13H21N3/c1-10(12-4-5-12)16(3)9-11-6-7-15-13(8-11)14-2/h6-8,10,12H,4-5,9H2,1-3H3,(H,14,15). The summed E-state index contributed by atoms with van der Waals surface area (Å²) < 4.78 is 0. The van der Waals surface area contributed by atoms with E-state index < -0.39 is 0 Å². The number of aromatic nitrogens is 1. The molecule has 0 spiro atoms. The van der Waals surface area contributed by atoms with Crippen molar-refractivity contribution in [2.24, 2.45) is 5.92 Å². The third kappa shape index (κ3) is 2.73. The van der Waals surface area contributed by atoms with Crippen LogP contribution in [0.3, 0.4) is 0 Å². The van der Waals surface area contributed by atoms with Crippen LogP contribution in [-0.4, -0.2) is 30.0 Å². The Kier molecular flexibility index (Phi) is 3.44. The number of nitrogens with zero attached hydrogens (tertiary/aromatic N) is 2. The summed E-state index contributed by atoms with van der Waals surface area (Å²) in [6, 6.07) is 4.92. The first kappa shape index (κ1) is 11.4. The van der Waals surface area contributed by atoms with E-state index in [9.17, 15) is 0 Å². The lowest BCUT2D eigenvalue weighted by Gasteiger charge is -2.24. The second-order valence-corrected chi connectivity index (χ2v) is 4.79. The second kappa shape index (κ2) is 4.83. The summed E-state index contributed by atoms with van der Waals surface area (Å²) in [5.74, 6) is 1.88. The molecule has 1 fully saturated rings. The minimum absolute atomic E-state index is 0.700. The number of nitrogens with one attached hydrogen (secondary N) is 1. The summed E-state index contributed by atoms with van der Waals surface area (Å²) in [5, 5.41) is 3.08. The fourth-order valence-electron chi connectivity index (χ4n) is 2.08. The molecule has 1 aliphatic rings. The fourth-order valence-corrected chi connectivity index (χ4v) is 2.08. The van der Waals surface area contributed by atoms with Crippen LogP contribution >= 0.6 is 0 Å². The molecule has 0 aromatic carbocycles. The molecule has 1 unspecified atom stereocenters. The first-order chi connectivity index (χ1) is 7.70. The lowest BCUT2D eigenvalue weighted by atomic mass is 10.1. The zero-order valence-corrected chi connectivity index (χ0v) is 10.4. The highest BCUT2D eigenvalue weighted by Crippen LogP contribution is 2.35. The van der Waals surface area contributed by atoms with Crippen molar-refractivity contribution in [1.82, 2.24) is 9.88 Å². The van der Waals surface area contributed by atoms with Crippen molar-refractivity contribution in [2.45, 2.75) is 32.4 Å². The minimum atomic E-state index is 0.700. The Morgan fingerprint density at radius 1 is 1.56 bits per heavy atom. The van der Waals surface area contributed by atoms with Crippen LogP contribution in [0.1, 0.15) is 25.3 Å². The molecule has 0 radical (unpaired) electrons. The fraction of sp³-hybridized carbons (Fsp3) is 0.615. The van der Waals surface area contributed by atoms with Gasteiger partial charge in [-0.3, -0.25) is 4.90 Å². The molecule has 0 amide bonds. The molecule has 1 saturated carbocycles. The van der Waals surface area contributed by atoms with E-state index in [0.29, 0.717) is 6.04 Å². The Balaban J connectivity index is 1.96. The van der Waals surface area contributed by atoms with E-state index in [2.05, 4.69) is 41.3 Å². The maximum absolute atomic E-state index is 4.23. The average Bonchev–Trinajstić information content (AvgIpc) is 3.12. The van der Waals surface area contributed by atoms with Crippen molar-refractivity contribution in [2.75, 3.05) is 19.4 Å². The summed E-state index contributed by atoms with van der Waals surface area (Å²) in [6.45, 7) is 3.34. The minimum Gasteiger partial charge on any atom is -0.373 e. The first-order valence-corrected chi connectivity index (χ1v) is 6.03. The third-order valence-corrected chi connectivity index (χ3v) is 3.51. The quantitative estimate of drug-likeness (QED) is 0.824. The van der Waals surface area contributed by atoms with Gasteiger partial charge in [0.25, 0.3) is 0 Å². The maximum Gasteiger partial charge on any atom is 0.125 e. The number of rotatable bonds is 5. The summed E-state index contributed by atoms with van der Waals surface area (Å²) in [7, 11) is 4.12. The van der Waals surface area contributed by atoms with Crippen molar-refractivity contribution >= 4 is 5.82 Å². The van der Waals surface area contributed by atoms with Crippen LogP contribution in [0.2, 0.25) is 0 Å². The summed E-state index contributed by atoms with van der Waals surface area (Å²) >= 11 is 0. The monoisotopic (exact) mass is 219 g/mol. The van der Waals surface area contributed by atoms with Gasteiger partial charge in [0, 0.05) is 25.8 Å². The average molecular weight is 219 g/mol. The Labute approximate surface area is 97.9 Å². The van der Waals surface area contributed by atoms with Gasteiger partial charge >= 0.3 is 0 Å². The van der Waals surface area contributed by atoms with E-state index in [4.69, 9.17) is 0 Å². The molecule has 1 aliphatic carbocycles. The van der Waals surface area contributed by atoms with E-state index in [-0.39, 0.29) is 0 Å². The van der Waals surface area contributed by atoms with Crippen molar-refractivity contribution in [3.8, 4) is 0 Å². The van der Waals surface area contributed by atoms with Crippen molar-refractivity contribution in [3.05, 3.63) is 23.9 Å². The van der Waals surface area contributed by atoms with Gasteiger partial charge in [0.2, 0.25) is 0 Å². The van der Waals surface area contributed by atoms with Crippen LogP contribution in [0.4, 0.5) is 5.82 Å². The topological polar surface area (TPSA) is 28.2 Å². The van der Waals surface area contributed by atoms with Crippen molar-refractivity contribution in [1.29, 1.82) is 0 Å². The van der Waals surface area contributed by atoms with Gasteiger partial charge in [0.15, 0.2) is 0 Å². The lowest BCUT2D eigenvalue weighted by molar-refractivity contribution is 0.226. The third-order valence-electron chi connectivity index (χ3n) is 3.51. The van der Waals surface area contributed by atoms with Gasteiger partial charge in [-0.2, -0.15) is 0 Å². The van der Waals surface area contributed by atoms with E-state index in [1.807, 2.05) is 13.2 Å². The van der Waals surface area contributed by atoms with Crippen LogP contribution in [0, 0.1) is 5.92 Å². The van der Waals surface area contributed by atoms with Crippen LogP contribution < -0.4 is 5.32 Å². The molecular weight excluding hydrogens is 198 g/mol. The molecule has 1 aromatic rings. The van der Waals surface area contributed by atoms with E-state index in [0.717, 1.165) is 18.3 Å². The number of pyridine rings is 1. The first-order valence-electron chi connectivity index (χ1n) is 6.03. The normalized spacial score (nSPS) is 17.5. The van der Waals surface area contributed by atoms with Gasteiger partial charge in [-0.25, -0.2) is 4.98 Å². The van der Waals surface area contributed by atoms with Crippen molar-refractivity contribution in [3.63, 3.8) is 0 Å². The van der Waals surface area contributed by atoms with Gasteiger partial charge in [-0.1, -0.05) is 0 Å². The van der Waals surface area contributed by atoms with E-state index in [1.54, 1.807) is 0 Å². The molecule has 1 atom stereocenters. The highest BCUT2D eigenvalue weighted by atomic mass is 15.1. The smallest absolute Gasteiger partial charge is 0.125 e. The highest BCUT2D eigenvalue weighted by molar-refractivity contribution is 5.36. The molecular formula is C13H21N3. The van der Waals surface area contributed by atoms with Gasteiger partial charge in [-0.15, -0.1) is 0 Å². The molecule has 3 heteroatoms. The maximum atomic E-state index is 4.23. The molecule has 1 aromatic heterocycles. The molecule has 0 saturated heterocycles. The summed E-state index contributed by atoms with van der Waals surface area (Å²) in [4.78, 5) is 6.66. The largest absolute Gasteiger partial charge is 0.373 e. The summed E-state index contributed by atoms with van der Waals surface area (Å²) in [6.07, 6.45) is 4.68. The Morgan fingerprint density at radius 3 is 2.94 bits per heavy atom.